The molecule has 5 nitrogen and oxygen atoms in total. The van der Waals surface area contributed by atoms with Crippen LogP contribution in [0, 0.1) is 11.2 Å². The van der Waals surface area contributed by atoms with Crippen LogP contribution < -0.4 is 4.90 Å². The number of nitrogens with zero attached hydrogens (tertiary/aromatic N) is 3. The fraction of sp³-hybridized carbons (Fsp3) is 0.240. The van der Waals surface area contributed by atoms with E-state index in [1.165, 1.54) is 12.1 Å². The number of β-lactam (4-membered cyclic amide) rings is 1. The van der Waals surface area contributed by atoms with Crippen LogP contribution in [0.3, 0.4) is 0 Å². The van der Waals surface area contributed by atoms with Crippen LogP contribution in [0.2, 0.25) is 0 Å². The summed E-state index contributed by atoms with van der Waals surface area (Å²) in [5.41, 5.74) is 1.57. The zero-order valence-electron chi connectivity index (χ0n) is 16.9. The van der Waals surface area contributed by atoms with Gasteiger partial charge in [-0.1, -0.05) is 36.4 Å². The molecule has 1 atom stereocenters. The van der Waals surface area contributed by atoms with E-state index in [1.807, 2.05) is 30.3 Å². The minimum absolute atomic E-state index is 0.000398. The first kappa shape index (κ1) is 19.4. The van der Waals surface area contributed by atoms with Gasteiger partial charge < -0.3 is 9.80 Å². The smallest absolute Gasteiger partial charge is 0.255 e. The summed E-state index contributed by atoms with van der Waals surface area (Å²) in [6, 6.07) is 19.4. The Morgan fingerprint density at radius 3 is 2.45 bits per heavy atom. The summed E-state index contributed by atoms with van der Waals surface area (Å²) >= 11 is 0. The number of pyridine rings is 1. The predicted molar refractivity (Wildman–Crippen MR) is 115 cm³/mol. The van der Waals surface area contributed by atoms with Gasteiger partial charge in [0.05, 0.1) is 17.0 Å². The van der Waals surface area contributed by atoms with Gasteiger partial charge in [-0.25, -0.2) is 4.39 Å². The van der Waals surface area contributed by atoms with Gasteiger partial charge in [0.2, 0.25) is 5.91 Å². The van der Waals surface area contributed by atoms with E-state index < -0.39 is 5.41 Å². The van der Waals surface area contributed by atoms with E-state index in [0.717, 1.165) is 5.56 Å². The van der Waals surface area contributed by atoms with Gasteiger partial charge in [-0.3, -0.25) is 14.6 Å². The summed E-state index contributed by atoms with van der Waals surface area (Å²) in [5.74, 6) is -0.427. The van der Waals surface area contributed by atoms with E-state index in [1.54, 1.807) is 46.5 Å². The lowest BCUT2D eigenvalue weighted by atomic mass is 9.62. The molecule has 2 fully saturated rings. The molecule has 2 aliphatic heterocycles. The molecule has 0 aliphatic carbocycles. The molecule has 0 bridgehead atoms. The Bertz CT molecular complexity index is 1110. The number of carbonyl (C=O) groups excluding carboxylic acids is 2. The first-order valence-electron chi connectivity index (χ1n) is 10.4. The van der Waals surface area contributed by atoms with Crippen molar-refractivity contribution in [3.05, 3.63) is 96.1 Å². The minimum atomic E-state index is -0.584. The van der Waals surface area contributed by atoms with Gasteiger partial charge in [0.25, 0.3) is 5.91 Å². The molecule has 31 heavy (non-hydrogen) atoms. The maximum absolute atomic E-state index is 13.9. The highest BCUT2D eigenvalue weighted by Gasteiger charge is 2.62. The Morgan fingerprint density at radius 1 is 1.00 bits per heavy atom. The van der Waals surface area contributed by atoms with E-state index in [9.17, 15) is 14.0 Å². The van der Waals surface area contributed by atoms with Crippen LogP contribution in [0.5, 0.6) is 0 Å². The first-order chi connectivity index (χ1) is 15.1. The van der Waals surface area contributed by atoms with E-state index in [-0.39, 0.29) is 23.7 Å². The van der Waals surface area contributed by atoms with E-state index >= 15 is 0 Å². The molecule has 156 valence electrons. The van der Waals surface area contributed by atoms with Crippen molar-refractivity contribution >= 4 is 17.5 Å². The Kier molecular flexibility index (Phi) is 4.77. The highest BCUT2D eigenvalue weighted by atomic mass is 19.1. The summed E-state index contributed by atoms with van der Waals surface area (Å²) in [5, 5.41) is 0. The normalized spacial score (nSPS) is 19.9. The van der Waals surface area contributed by atoms with Crippen molar-refractivity contribution in [3.8, 4) is 0 Å². The van der Waals surface area contributed by atoms with Crippen LogP contribution in [0.1, 0.15) is 34.8 Å². The number of anilines is 1. The van der Waals surface area contributed by atoms with Crippen LogP contribution in [-0.2, 0) is 4.79 Å². The van der Waals surface area contributed by atoms with Gasteiger partial charge in [-0.2, -0.15) is 0 Å². The number of hydrogen-bond acceptors (Lipinski definition) is 3. The molecule has 0 saturated carbocycles. The number of piperidine rings is 1. The third-order valence-electron chi connectivity index (χ3n) is 6.48. The first-order valence-corrected chi connectivity index (χ1v) is 10.4. The summed E-state index contributed by atoms with van der Waals surface area (Å²) < 4.78 is 13.9. The SMILES string of the molecule is O=C(c1cccnc1)N1CCC2(CC1)C(=O)N(c1cccc(F)c1)C2c1ccccc1. The van der Waals surface area contributed by atoms with E-state index in [0.29, 0.717) is 37.2 Å². The van der Waals surface area contributed by atoms with E-state index in [4.69, 9.17) is 0 Å². The summed E-state index contributed by atoms with van der Waals surface area (Å²) in [7, 11) is 0. The lowest BCUT2D eigenvalue weighted by Crippen LogP contribution is -2.67. The molecule has 3 aromatic rings. The van der Waals surface area contributed by atoms with Crippen molar-refractivity contribution in [2.24, 2.45) is 5.41 Å². The molecule has 6 heteroatoms. The second-order valence-corrected chi connectivity index (χ2v) is 8.16. The molecule has 2 aliphatic rings. The maximum Gasteiger partial charge on any atom is 0.255 e. The molecule has 1 spiro atoms. The number of rotatable bonds is 3. The Hall–Kier alpha value is -3.54. The average Bonchev–Trinajstić information content (AvgIpc) is 2.82. The van der Waals surface area contributed by atoms with Gasteiger partial charge in [0.15, 0.2) is 0 Å². The van der Waals surface area contributed by atoms with Gasteiger partial charge in [-0.15, -0.1) is 0 Å². The van der Waals surface area contributed by atoms with Crippen LogP contribution in [0.25, 0.3) is 0 Å². The molecule has 1 aromatic heterocycles. The molecule has 2 amide bonds. The molecule has 2 saturated heterocycles. The standard InChI is InChI=1S/C25H22FN3O2/c26-20-9-4-10-21(16-20)29-22(18-6-2-1-3-7-18)25(24(29)31)11-14-28(15-12-25)23(30)19-8-5-13-27-17-19/h1-10,13,16-17,22H,11-12,14-15H2. The number of benzene rings is 2. The zero-order chi connectivity index (χ0) is 21.4. The Labute approximate surface area is 180 Å². The molecule has 5 rings (SSSR count). The largest absolute Gasteiger partial charge is 0.339 e. The third kappa shape index (κ3) is 3.19. The number of amides is 2. The number of halogens is 1. The van der Waals surface area contributed by atoms with Crippen LogP contribution in [0.4, 0.5) is 10.1 Å². The van der Waals surface area contributed by atoms with Gasteiger partial charge >= 0.3 is 0 Å². The van der Waals surface area contributed by atoms with Gasteiger partial charge in [0.1, 0.15) is 5.82 Å². The summed E-state index contributed by atoms with van der Waals surface area (Å²) in [4.78, 5) is 33.8. The van der Waals surface area contributed by atoms with Gasteiger partial charge in [-0.05, 0) is 48.7 Å². The Balaban J connectivity index is 1.43. The average molecular weight is 415 g/mol. The van der Waals surface area contributed by atoms with Crippen LogP contribution >= 0.6 is 0 Å². The molecule has 2 aromatic carbocycles. The molecule has 1 unspecified atom stereocenters. The number of aromatic nitrogens is 1. The fourth-order valence-electron chi connectivity index (χ4n) is 4.92. The van der Waals surface area contributed by atoms with Crippen molar-refractivity contribution in [2.45, 2.75) is 18.9 Å². The zero-order valence-corrected chi connectivity index (χ0v) is 16.9. The second-order valence-electron chi connectivity index (χ2n) is 8.16. The number of hydrogen-bond donors (Lipinski definition) is 0. The van der Waals surface area contributed by atoms with Crippen molar-refractivity contribution in [2.75, 3.05) is 18.0 Å². The molecule has 0 radical (unpaired) electrons. The van der Waals surface area contributed by atoms with Crippen LogP contribution in [-0.4, -0.2) is 34.8 Å². The monoisotopic (exact) mass is 415 g/mol. The number of carbonyl (C=O) groups is 2. The minimum Gasteiger partial charge on any atom is -0.339 e. The fourth-order valence-corrected chi connectivity index (χ4v) is 4.92. The maximum atomic E-state index is 13.9. The lowest BCUT2D eigenvalue weighted by molar-refractivity contribution is -0.144. The Morgan fingerprint density at radius 2 is 1.77 bits per heavy atom. The van der Waals surface area contributed by atoms with Crippen molar-refractivity contribution in [3.63, 3.8) is 0 Å². The molecular weight excluding hydrogens is 393 g/mol. The van der Waals surface area contributed by atoms with Crippen LogP contribution in [0.15, 0.2) is 79.1 Å². The quantitative estimate of drug-likeness (QED) is 0.602. The summed E-state index contributed by atoms with van der Waals surface area (Å²) in [6.45, 7) is 1.000. The number of likely N-dealkylation sites (tertiary alicyclic amines) is 1. The third-order valence-corrected chi connectivity index (χ3v) is 6.48. The highest BCUT2D eigenvalue weighted by molar-refractivity contribution is 6.06. The topological polar surface area (TPSA) is 53.5 Å². The highest BCUT2D eigenvalue weighted by Crippen LogP contribution is 2.57. The molecule has 3 heterocycles. The summed E-state index contributed by atoms with van der Waals surface area (Å²) in [6.07, 6.45) is 4.35. The van der Waals surface area contributed by atoms with Crippen molar-refractivity contribution in [1.82, 2.24) is 9.88 Å². The molecule has 0 N–H and O–H groups in total. The van der Waals surface area contributed by atoms with Crippen molar-refractivity contribution in [1.29, 1.82) is 0 Å². The van der Waals surface area contributed by atoms with Crippen molar-refractivity contribution < 1.29 is 14.0 Å². The van der Waals surface area contributed by atoms with Gasteiger partial charge in [0, 0.05) is 31.2 Å². The molecular formula is C25H22FN3O2. The lowest BCUT2D eigenvalue weighted by Gasteiger charge is -2.59. The predicted octanol–water partition coefficient (Wildman–Crippen LogP) is 4.23. The van der Waals surface area contributed by atoms with E-state index in [2.05, 4.69) is 4.98 Å². The second kappa shape index (κ2) is 7.61.